The van der Waals surface area contributed by atoms with Crippen LogP contribution in [0.1, 0.15) is 24.2 Å². The van der Waals surface area contributed by atoms with Crippen molar-refractivity contribution in [2.75, 3.05) is 0 Å². The van der Waals surface area contributed by atoms with Gasteiger partial charge in [0.15, 0.2) is 23.2 Å². The summed E-state index contributed by atoms with van der Waals surface area (Å²) in [7, 11) is 0. The molecular weight excluding hydrogens is 285 g/mol. The van der Waals surface area contributed by atoms with E-state index < -0.39 is 33.3 Å². The molecule has 1 aromatic carbocycles. The average Bonchev–Trinajstić information content (AvgIpc) is 2.29. The van der Waals surface area contributed by atoms with Crippen molar-refractivity contribution in [2.24, 2.45) is 0 Å². The number of carbonyl (C=O) groups is 1. The van der Waals surface area contributed by atoms with E-state index in [1.165, 1.54) is 13.0 Å². The van der Waals surface area contributed by atoms with Gasteiger partial charge in [0.25, 0.3) is 0 Å². The molecule has 0 aliphatic rings. The molecule has 0 N–H and O–H groups in total. The molecule has 0 atom stereocenters. The standard InChI is InChI=1S/C11H8BrF3O/c1-3-5(2)11(16)6-4-7(13)10(15)8(12)9(6)14/h3-4H,1-2H3/b5-3+. The molecule has 0 bridgehead atoms. The van der Waals surface area contributed by atoms with E-state index in [-0.39, 0.29) is 5.57 Å². The molecule has 0 saturated heterocycles. The van der Waals surface area contributed by atoms with E-state index in [4.69, 9.17) is 0 Å². The Bertz CT molecular complexity index is 481. The average molecular weight is 293 g/mol. The van der Waals surface area contributed by atoms with Gasteiger partial charge in [0, 0.05) is 0 Å². The van der Waals surface area contributed by atoms with Crippen LogP contribution in [0.15, 0.2) is 22.2 Å². The Kier molecular flexibility index (Phi) is 3.91. The summed E-state index contributed by atoms with van der Waals surface area (Å²) < 4.78 is 38.8. The first-order valence-corrected chi connectivity index (χ1v) is 5.20. The molecule has 0 aliphatic heterocycles. The van der Waals surface area contributed by atoms with Crippen molar-refractivity contribution in [3.05, 3.63) is 45.2 Å². The third kappa shape index (κ3) is 2.19. The van der Waals surface area contributed by atoms with Crippen molar-refractivity contribution >= 4 is 21.7 Å². The quantitative estimate of drug-likeness (QED) is 0.348. The monoisotopic (exact) mass is 292 g/mol. The lowest BCUT2D eigenvalue weighted by atomic mass is 10.0. The van der Waals surface area contributed by atoms with Gasteiger partial charge in [0.1, 0.15) is 0 Å². The summed E-state index contributed by atoms with van der Waals surface area (Å²) in [5.74, 6) is -4.36. The lowest BCUT2D eigenvalue weighted by Crippen LogP contribution is -2.07. The van der Waals surface area contributed by atoms with Crippen LogP contribution in [0.2, 0.25) is 0 Å². The van der Waals surface area contributed by atoms with Gasteiger partial charge < -0.3 is 0 Å². The third-order valence-corrected chi connectivity index (χ3v) is 2.83. The molecular formula is C11H8BrF3O. The van der Waals surface area contributed by atoms with E-state index in [0.29, 0.717) is 6.07 Å². The molecule has 0 fully saturated rings. The van der Waals surface area contributed by atoms with E-state index in [0.717, 1.165) is 0 Å². The van der Waals surface area contributed by atoms with Crippen molar-refractivity contribution < 1.29 is 18.0 Å². The molecule has 0 saturated carbocycles. The van der Waals surface area contributed by atoms with Crippen molar-refractivity contribution in [3.8, 4) is 0 Å². The first-order valence-electron chi connectivity index (χ1n) is 4.40. The summed E-state index contributed by atoms with van der Waals surface area (Å²) in [6, 6.07) is 0.560. The van der Waals surface area contributed by atoms with Crippen LogP contribution in [0.5, 0.6) is 0 Å². The number of rotatable bonds is 2. The molecule has 86 valence electrons. The Morgan fingerprint density at radius 3 is 2.38 bits per heavy atom. The summed E-state index contributed by atoms with van der Waals surface area (Å²) in [4.78, 5) is 11.6. The first kappa shape index (κ1) is 13.0. The summed E-state index contributed by atoms with van der Waals surface area (Å²) >= 11 is 2.56. The van der Waals surface area contributed by atoms with Gasteiger partial charge in [0.05, 0.1) is 10.0 Å². The minimum atomic E-state index is -1.34. The summed E-state index contributed by atoms with van der Waals surface area (Å²) in [5.41, 5.74) is -0.224. The number of benzene rings is 1. The van der Waals surface area contributed by atoms with E-state index in [2.05, 4.69) is 15.9 Å². The van der Waals surface area contributed by atoms with E-state index in [9.17, 15) is 18.0 Å². The van der Waals surface area contributed by atoms with Gasteiger partial charge in [-0.2, -0.15) is 0 Å². The maximum absolute atomic E-state index is 13.5. The molecule has 1 rings (SSSR count). The first-order chi connectivity index (χ1) is 7.40. The highest BCUT2D eigenvalue weighted by Crippen LogP contribution is 2.26. The highest BCUT2D eigenvalue weighted by Gasteiger charge is 2.21. The number of Topliss-reactive ketones (excluding diaryl/α,β-unsaturated/α-hetero) is 1. The second-order valence-corrected chi connectivity index (χ2v) is 3.94. The van der Waals surface area contributed by atoms with E-state index >= 15 is 0 Å². The number of halogens is 4. The summed E-state index contributed by atoms with van der Waals surface area (Å²) in [5, 5.41) is 0. The molecule has 0 amide bonds. The Morgan fingerprint density at radius 2 is 1.88 bits per heavy atom. The number of hydrogen-bond acceptors (Lipinski definition) is 1. The summed E-state index contributed by atoms with van der Waals surface area (Å²) in [6.07, 6.45) is 1.47. The van der Waals surface area contributed by atoms with Crippen LogP contribution in [-0.2, 0) is 0 Å². The third-order valence-electron chi connectivity index (χ3n) is 2.14. The van der Waals surface area contributed by atoms with E-state index in [1.807, 2.05) is 0 Å². The highest BCUT2D eigenvalue weighted by molar-refractivity contribution is 9.10. The molecule has 16 heavy (non-hydrogen) atoms. The van der Waals surface area contributed by atoms with Crippen LogP contribution in [-0.4, -0.2) is 5.78 Å². The minimum Gasteiger partial charge on any atom is -0.289 e. The lowest BCUT2D eigenvalue weighted by Gasteiger charge is -2.06. The fourth-order valence-corrected chi connectivity index (χ4v) is 1.48. The Morgan fingerprint density at radius 1 is 1.31 bits per heavy atom. The van der Waals surface area contributed by atoms with Crippen LogP contribution in [0.4, 0.5) is 13.2 Å². The molecule has 0 radical (unpaired) electrons. The second kappa shape index (κ2) is 4.82. The van der Waals surface area contributed by atoms with Crippen LogP contribution >= 0.6 is 15.9 Å². The van der Waals surface area contributed by atoms with Crippen LogP contribution < -0.4 is 0 Å². The molecule has 0 spiro atoms. The number of ketones is 1. The lowest BCUT2D eigenvalue weighted by molar-refractivity contribution is 0.102. The Labute approximate surface area is 99.1 Å². The number of carbonyl (C=O) groups excluding carboxylic acids is 1. The largest absolute Gasteiger partial charge is 0.289 e. The Balaban J connectivity index is 3.42. The second-order valence-electron chi connectivity index (χ2n) is 3.15. The maximum atomic E-state index is 13.5. The molecule has 1 nitrogen and oxygen atoms in total. The molecule has 5 heteroatoms. The van der Waals surface area contributed by atoms with E-state index in [1.54, 1.807) is 6.92 Å². The van der Waals surface area contributed by atoms with Gasteiger partial charge in [-0.15, -0.1) is 0 Å². The van der Waals surface area contributed by atoms with Crippen LogP contribution in [0, 0.1) is 17.5 Å². The van der Waals surface area contributed by atoms with Crippen molar-refractivity contribution in [3.63, 3.8) is 0 Å². The predicted molar refractivity (Wildman–Crippen MR) is 57.8 cm³/mol. The zero-order valence-corrected chi connectivity index (χ0v) is 10.2. The fraction of sp³-hybridized carbons (Fsp3) is 0.182. The van der Waals surface area contributed by atoms with Gasteiger partial charge in [-0.05, 0) is 41.4 Å². The van der Waals surface area contributed by atoms with Crippen LogP contribution in [0.25, 0.3) is 0 Å². The highest BCUT2D eigenvalue weighted by atomic mass is 79.9. The zero-order valence-electron chi connectivity index (χ0n) is 8.57. The number of allylic oxidation sites excluding steroid dienone is 2. The molecule has 1 aromatic rings. The topological polar surface area (TPSA) is 17.1 Å². The molecule has 0 aromatic heterocycles. The van der Waals surface area contributed by atoms with Gasteiger partial charge in [-0.3, -0.25) is 4.79 Å². The van der Waals surface area contributed by atoms with Crippen LogP contribution in [0.3, 0.4) is 0 Å². The van der Waals surface area contributed by atoms with Gasteiger partial charge in [-0.25, -0.2) is 13.2 Å². The van der Waals surface area contributed by atoms with Crippen molar-refractivity contribution in [2.45, 2.75) is 13.8 Å². The summed E-state index contributed by atoms with van der Waals surface area (Å²) in [6.45, 7) is 3.07. The predicted octanol–water partition coefficient (Wildman–Crippen LogP) is 4.02. The smallest absolute Gasteiger partial charge is 0.191 e. The maximum Gasteiger partial charge on any atom is 0.191 e. The molecule has 0 heterocycles. The van der Waals surface area contributed by atoms with Gasteiger partial charge >= 0.3 is 0 Å². The van der Waals surface area contributed by atoms with Gasteiger partial charge in [-0.1, -0.05) is 6.08 Å². The molecule has 0 unspecified atom stereocenters. The van der Waals surface area contributed by atoms with Crippen molar-refractivity contribution in [1.29, 1.82) is 0 Å². The number of hydrogen-bond donors (Lipinski definition) is 0. The normalized spacial score (nSPS) is 11.8. The van der Waals surface area contributed by atoms with Crippen molar-refractivity contribution in [1.82, 2.24) is 0 Å². The van der Waals surface area contributed by atoms with Gasteiger partial charge in [0.2, 0.25) is 0 Å². The molecule has 0 aliphatic carbocycles. The SMILES string of the molecule is C/C=C(\C)C(=O)c1cc(F)c(F)c(Br)c1F. The Hall–Kier alpha value is -1.10. The zero-order chi connectivity index (χ0) is 12.5. The minimum absolute atomic E-state index is 0.261. The fourth-order valence-electron chi connectivity index (χ4n) is 1.08.